The van der Waals surface area contributed by atoms with Crippen molar-refractivity contribution in [2.45, 2.75) is 38.7 Å². The van der Waals surface area contributed by atoms with Gasteiger partial charge in [0.2, 0.25) is 0 Å². The number of rotatable bonds is 5. The maximum atomic E-state index is 12.0. The van der Waals surface area contributed by atoms with Gasteiger partial charge in [0.15, 0.2) is 0 Å². The second-order valence-electron chi connectivity index (χ2n) is 5.27. The van der Waals surface area contributed by atoms with E-state index in [1.807, 2.05) is 13.8 Å². The summed E-state index contributed by atoms with van der Waals surface area (Å²) < 4.78 is 5.36. The van der Waals surface area contributed by atoms with Crippen LogP contribution < -0.4 is 5.32 Å². The largest absolute Gasteiger partial charge is 0.481 e. The fraction of sp³-hybridized carbons (Fsp3) is 0.846. The molecule has 1 aliphatic heterocycles. The van der Waals surface area contributed by atoms with E-state index in [0.29, 0.717) is 32.5 Å². The van der Waals surface area contributed by atoms with Crippen molar-refractivity contribution < 1.29 is 19.4 Å². The van der Waals surface area contributed by atoms with Gasteiger partial charge in [-0.25, -0.2) is 4.79 Å². The SMILES string of the molecule is CCC(C)(CNC(=O)N1CCC(C(=O)O)CC1)OC. The molecular formula is C13H24N2O4. The van der Waals surface area contributed by atoms with Crippen molar-refractivity contribution in [3.05, 3.63) is 0 Å². The summed E-state index contributed by atoms with van der Waals surface area (Å²) in [7, 11) is 1.63. The zero-order valence-corrected chi connectivity index (χ0v) is 11.9. The molecule has 2 amide bonds. The molecule has 0 aliphatic carbocycles. The van der Waals surface area contributed by atoms with Gasteiger partial charge in [0.05, 0.1) is 11.5 Å². The second kappa shape index (κ2) is 6.75. The third-order valence-electron chi connectivity index (χ3n) is 3.99. The molecule has 0 aromatic rings. The molecule has 0 spiro atoms. The number of likely N-dealkylation sites (tertiary alicyclic amines) is 1. The molecule has 1 unspecified atom stereocenters. The fourth-order valence-corrected chi connectivity index (χ4v) is 2.05. The van der Waals surface area contributed by atoms with E-state index in [4.69, 9.17) is 9.84 Å². The van der Waals surface area contributed by atoms with Gasteiger partial charge in [0.25, 0.3) is 0 Å². The quantitative estimate of drug-likeness (QED) is 0.791. The number of aliphatic carboxylic acids is 1. The van der Waals surface area contributed by atoms with Gasteiger partial charge in [-0.15, -0.1) is 0 Å². The average Bonchev–Trinajstić information content (AvgIpc) is 2.44. The molecule has 6 heteroatoms. The molecule has 1 rings (SSSR count). The van der Waals surface area contributed by atoms with Crippen LogP contribution >= 0.6 is 0 Å². The van der Waals surface area contributed by atoms with Crippen LogP contribution in [0.1, 0.15) is 33.1 Å². The van der Waals surface area contributed by atoms with E-state index in [1.165, 1.54) is 0 Å². The number of carbonyl (C=O) groups is 2. The Kier molecular flexibility index (Phi) is 5.60. The van der Waals surface area contributed by atoms with Crippen molar-refractivity contribution in [2.24, 2.45) is 5.92 Å². The predicted octanol–water partition coefficient (Wildman–Crippen LogP) is 1.31. The number of carboxylic acids is 1. The summed E-state index contributed by atoms with van der Waals surface area (Å²) in [5, 5.41) is 11.8. The Bertz CT molecular complexity index is 321. The lowest BCUT2D eigenvalue weighted by molar-refractivity contribution is -0.143. The van der Waals surface area contributed by atoms with E-state index in [1.54, 1.807) is 12.0 Å². The van der Waals surface area contributed by atoms with Crippen molar-refractivity contribution in [1.82, 2.24) is 10.2 Å². The zero-order chi connectivity index (χ0) is 14.5. The minimum Gasteiger partial charge on any atom is -0.481 e. The molecule has 0 bridgehead atoms. The second-order valence-corrected chi connectivity index (χ2v) is 5.27. The maximum absolute atomic E-state index is 12.0. The smallest absolute Gasteiger partial charge is 0.317 e. The molecule has 1 heterocycles. The summed E-state index contributed by atoms with van der Waals surface area (Å²) in [6.07, 6.45) is 1.86. The summed E-state index contributed by atoms with van der Waals surface area (Å²) in [6, 6.07) is -0.138. The molecule has 1 aliphatic rings. The Balaban J connectivity index is 2.38. The first kappa shape index (κ1) is 15.8. The summed E-state index contributed by atoms with van der Waals surface area (Å²) >= 11 is 0. The first-order valence-electron chi connectivity index (χ1n) is 6.72. The summed E-state index contributed by atoms with van der Waals surface area (Å²) in [5.41, 5.74) is -0.352. The van der Waals surface area contributed by atoms with Gasteiger partial charge in [-0.2, -0.15) is 0 Å². The number of carboxylic acid groups (broad SMARTS) is 1. The molecule has 6 nitrogen and oxygen atoms in total. The minimum atomic E-state index is -0.766. The molecule has 0 radical (unpaired) electrons. The van der Waals surface area contributed by atoms with Crippen LogP contribution in [0.3, 0.4) is 0 Å². The zero-order valence-electron chi connectivity index (χ0n) is 11.9. The number of piperidine rings is 1. The van der Waals surface area contributed by atoms with Crippen LogP contribution in [0.4, 0.5) is 4.79 Å². The van der Waals surface area contributed by atoms with Crippen LogP contribution in [-0.2, 0) is 9.53 Å². The molecule has 0 saturated carbocycles. The Morgan fingerprint density at radius 1 is 1.42 bits per heavy atom. The molecule has 2 N–H and O–H groups in total. The van der Waals surface area contributed by atoms with Gasteiger partial charge in [-0.05, 0) is 26.2 Å². The monoisotopic (exact) mass is 272 g/mol. The molecule has 1 atom stereocenters. The van der Waals surface area contributed by atoms with Gasteiger partial charge < -0.3 is 20.1 Å². The Morgan fingerprint density at radius 3 is 2.42 bits per heavy atom. The molecule has 0 aromatic carbocycles. The van der Waals surface area contributed by atoms with Crippen LogP contribution in [0.25, 0.3) is 0 Å². The molecule has 1 saturated heterocycles. The fourth-order valence-electron chi connectivity index (χ4n) is 2.05. The van der Waals surface area contributed by atoms with E-state index in [0.717, 1.165) is 6.42 Å². The van der Waals surface area contributed by atoms with Crippen molar-refractivity contribution >= 4 is 12.0 Å². The van der Waals surface area contributed by atoms with Gasteiger partial charge in [-0.1, -0.05) is 6.92 Å². The highest BCUT2D eigenvalue weighted by atomic mass is 16.5. The topological polar surface area (TPSA) is 78.9 Å². The number of nitrogens with one attached hydrogen (secondary N) is 1. The standard InChI is InChI=1S/C13H24N2O4/c1-4-13(2,19-3)9-14-12(18)15-7-5-10(6-8-15)11(16)17/h10H,4-9H2,1-3H3,(H,14,18)(H,16,17). The van der Waals surface area contributed by atoms with Crippen molar-refractivity contribution in [3.8, 4) is 0 Å². The highest BCUT2D eigenvalue weighted by Crippen LogP contribution is 2.17. The predicted molar refractivity (Wildman–Crippen MR) is 71.0 cm³/mol. The van der Waals surface area contributed by atoms with Crippen molar-refractivity contribution in [1.29, 1.82) is 0 Å². The van der Waals surface area contributed by atoms with Gasteiger partial charge in [0, 0.05) is 26.7 Å². The third kappa shape index (κ3) is 4.38. The van der Waals surface area contributed by atoms with E-state index >= 15 is 0 Å². The van der Waals surface area contributed by atoms with Crippen molar-refractivity contribution in [3.63, 3.8) is 0 Å². The minimum absolute atomic E-state index is 0.138. The lowest BCUT2D eigenvalue weighted by atomic mass is 9.97. The van der Waals surface area contributed by atoms with Crippen LogP contribution in [0.15, 0.2) is 0 Å². The molecule has 110 valence electrons. The maximum Gasteiger partial charge on any atom is 0.317 e. The van der Waals surface area contributed by atoms with Gasteiger partial charge in [-0.3, -0.25) is 4.79 Å². The first-order chi connectivity index (χ1) is 8.91. The van der Waals surface area contributed by atoms with Crippen LogP contribution in [0.2, 0.25) is 0 Å². The number of methoxy groups -OCH3 is 1. The van der Waals surface area contributed by atoms with Gasteiger partial charge >= 0.3 is 12.0 Å². The van der Waals surface area contributed by atoms with Gasteiger partial charge in [0.1, 0.15) is 0 Å². The number of ether oxygens (including phenoxy) is 1. The number of carbonyl (C=O) groups excluding carboxylic acids is 1. The van der Waals surface area contributed by atoms with Crippen LogP contribution in [0, 0.1) is 5.92 Å². The van der Waals surface area contributed by atoms with Crippen molar-refractivity contribution in [2.75, 3.05) is 26.7 Å². The molecule has 1 fully saturated rings. The molecular weight excluding hydrogens is 248 g/mol. The summed E-state index contributed by atoms with van der Waals surface area (Å²) in [4.78, 5) is 24.5. The summed E-state index contributed by atoms with van der Waals surface area (Å²) in [6.45, 7) is 5.41. The van der Waals surface area contributed by atoms with E-state index in [2.05, 4.69) is 5.32 Å². The lowest BCUT2D eigenvalue weighted by Crippen LogP contribution is -2.49. The molecule has 19 heavy (non-hydrogen) atoms. The van der Waals surface area contributed by atoms with E-state index < -0.39 is 5.97 Å². The highest BCUT2D eigenvalue weighted by molar-refractivity contribution is 5.75. The average molecular weight is 272 g/mol. The lowest BCUT2D eigenvalue weighted by Gasteiger charge is -2.32. The number of hydrogen-bond acceptors (Lipinski definition) is 3. The highest BCUT2D eigenvalue weighted by Gasteiger charge is 2.28. The number of nitrogens with zero attached hydrogens (tertiary/aromatic N) is 1. The number of urea groups is 1. The molecule has 0 aromatic heterocycles. The normalized spacial score (nSPS) is 19.8. The van der Waals surface area contributed by atoms with E-state index in [-0.39, 0.29) is 17.6 Å². The third-order valence-corrected chi connectivity index (χ3v) is 3.99. The Morgan fingerprint density at radius 2 is 2.00 bits per heavy atom. The number of amides is 2. The van der Waals surface area contributed by atoms with Crippen LogP contribution in [0.5, 0.6) is 0 Å². The van der Waals surface area contributed by atoms with Crippen LogP contribution in [-0.4, -0.2) is 54.4 Å². The summed E-state index contributed by atoms with van der Waals surface area (Å²) in [5.74, 6) is -1.08. The Labute approximate surface area is 114 Å². The van der Waals surface area contributed by atoms with E-state index in [9.17, 15) is 9.59 Å². The Hall–Kier alpha value is -1.30. The number of hydrogen-bond donors (Lipinski definition) is 2. The first-order valence-corrected chi connectivity index (χ1v) is 6.72.